The van der Waals surface area contributed by atoms with Crippen molar-refractivity contribution in [2.24, 2.45) is 16.3 Å². The van der Waals surface area contributed by atoms with E-state index < -0.39 is 0 Å². The first-order chi connectivity index (χ1) is 11.8. The highest BCUT2D eigenvalue weighted by atomic mass is 16.5. The summed E-state index contributed by atoms with van der Waals surface area (Å²) < 4.78 is 6.09. The van der Waals surface area contributed by atoms with Crippen LogP contribution in [0.1, 0.15) is 33.6 Å². The molecule has 3 unspecified atom stereocenters. The Bertz CT molecular complexity index is 434. The van der Waals surface area contributed by atoms with Gasteiger partial charge in [-0.2, -0.15) is 0 Å². The molecule has 2 heterocycles. The van der Waals surface area contributed by atoms with Crippen molar-refractivity contribution < 1.29 is 4.74 Å². The molecule has 2 saturated heterocycles. The molecule has 25 heavy (non-hydrogen) atoms. The lowest BCUT2D eigenvalue weighted by Crippen LogP contribution is -2.56. The van der Waals surface area contributed by atoms with Crippen molar-refractivity contribution in [1.29, 1.82) is 0 Å². The molecule has 3 atom stereocenters. The van der Waals surface area contributed by atoms with Crippen LogP contribution in [0.4, 0.5) is 0 Å². The third-order valence-electron chi connectivity index (χ3n) is 5.54. The van der Waals surface area contributed by atoms with Gasteiger partial charge in [-0.05, 0) is 32.4 Å². The van der Waals surface area contributed by atoms with Crippen LogP contribution >= 0.6 is 0 Å². The van der Waals surface area contributed by atoms with Crippen LogP contribution in [0.15, 0.2) is 4.99 Å². The van der Waals surface area contributed by atoms with Gasteiger partial charge in [-0.25, -0.2) is 0 Å². The van der Waals surface area contributed by atoms with Gasteiger partial charge in [0.05, 0.1) is 6.10 Å². The number of guanidine groups is 1. The minimum atomic E-state index is 0.180. The smallest absolute Gasteiger partial charge is 0.191 e. The Morgan fingerprint density at radius 3 is 2.56 bits per heavy atom. The van der Waals surface area contributed by atoms with E-state index in [0.29, 0.717) is 18.1 Å². The lowest BCUT2D eigenvalue weighted by atomic mass is 9.78. The maximum atomic E-state index is 6.09. The second kappa shape index (κ2) is 9.19. The first-order valence-corrected chi connectivity index (χ1v) is 9.76. The molecule has 6 heteroatoms. The molecule has 2 fully saturated rings. The highest BCUT2D eigenvalue weighted by Gasteiger charge is 2.35. The normalized spacial score (nSPS) is 30.3. The lowest BCUT2D eigenvalue weighted by molar-refractivity contribution is -0.0835. The first-order valence-electron chi connectivity index (χ1n) is 9.76. The summed E-state index contributed by atoms with van der Waals surface area (Å²) in [5, 5.41) is 7.05. The number of aliphatic imine (C=N–C) groups is 1. The van der Waals surface area contributed by atoms with Crippen LogP contribution in [-0.2, 0) is 4.74 Å². The second-order valence-electron chi connectivity index (χ2n) is 8.79. The van der Waals surface area contributed by atoms with Crippen LogP contribution < -0.4 is 10.6 Å². The van der Waals surface area contributed by atoms with Gasteiger partial charge in [0.2, 0.25) is 0 Å². The molecule has 0 aromatic heterocycles. The van der Waals surface area contributed by atoms with E-state index in [4.69, 9.17) is 4.74 Å². The zero-order valence-electron chi connectivity index (χ0n) is 17.1. The van der Waals surface area contributed by atoms with E-state index in [0.717, 1.165) is 51.7 Å². The Balaban J connectivity index is 1.81. The van der Waals surface area contributed by atoms with Crippen molar-refractivity contribution in [2.45, 2.75) is 45.8 Å². The monoisotopic (exact) mass is 353 g/mol. The van der Waals surface area contributed by atoms with Crippen molar-refractivity contribution in [2.75, 3.05) is 60.5 Å². The summed E-state index contributed by atoms with van der Waals surface area (Å²) in [6.07, 6.45) is 2.69. The number of hydrogen-bond donors (Lipinski definition) is 2. The van der Waals surface area contributed by atoms with Crippen molar-refractivity contribution in [3.63, 3.8) is 0 Å². The molecule has 6 nitrogen and oxygen atoms in total. The van der Waals surface area contributed by atoms with Crippen LogP contribution in [0.25, 0.3) is 0 Å². The minimum Gasteiger partial charge on any atom is -0.377 e. The van der Waals surface area contributed by atoms with E-state index in [9.17, 15) is 0 Å². The zero-order valence-corrected chi connectivity index (χ0v) is 17.1. The maximum absolute atomic E-state index is 6.09. The number of piperazine rings is 1. The lowest BCUT2D eigenvalue weighted by Gasteiger charge is -2.40. The fraction of sp³-hybridized carbons (Fsp3) is 0.947. The average Bonchev–Trinajstić information content (AvgIpc) is 2.57. The molecule has 2 aliphatic rings. The molecule has 0 aliphatic carbocycles. The van der Waals surface area contributed by atoms with Crippen molar-refractivity contribution in [1.82, 2.24) is 20.4 Å². The standard InChI is InChI=1S/C19H39N5O/c1-19(2,3)17-15(8-7-11-25-17)12-21-18(20-4)22-13-16-14-23(5)9-10-24(16)6/h15-17H,7-14H2,1-6H3,(H2,20,21,22). The molecule has 2 aliphatic heterocycles. The van der Waals surface area contributed by atoms with Crippen molar-refractivity contribution >= 4 is 5.96 Å². The SMILES string of the molecule is CN=C(NCC1CCCOC1C(C)(C)C)NCC1CN(C)CCN1C. The molecular formula is C19H39N5O. The van der Waals surface area contributed by atoms with Gasteiger partial charge in [0.25, 0.3) is 0 Å². The number of ether oxygens (including phenoxy) is 1. The summed E-state index contributed by atoms with van der Waals surface area (Å²) in [6, 6.07) is 0.526. The Morgan fingerprint density at radius 1 is 1.16 bits per heavy atom. The quantitative estimate of drug-likeness (QED) is 0.588. The number of nitrogens with one attached hydrogen (secondary N) is 2. The van der Waals surface area contributed by atoms with E-state index in [2.05, 4.69) is 60.3 Å². The molecule has 146 valence electrons. The Hall–Kier alpha value is -0.850. The van der Waals surface area contributed by atoms with Crippen LogP contribution in [0.2, 0.25) is 0 Å². The predicted molar refractivity (Wildman–Crippen MR) is 105 cm³/mol. The number of hydrogen-bond acceptors (Lipinski definition) is 4. The Kier molecular flexibility index (Phi) is 7.52. The summed E-state index contributed by atoms with van der Waals surface area (Å²) in [7, 11) is 6.26. The van der Waals surface area contributed by atoms with Gasteiger partial charge < -0.3 is 20.3 Å². The van der Waals surface area contributed by atoms with E-state index in [1.165, 1.54) is 6.42 Å². The van der Waals surface area contributed by atoms with Gasteiger partial charge in [-0.15, -0.1) is 0 Å². The molecule has 0 bridgehead atoms. The third kappa shape index (κ3) is 6.12. The summed E-state index contributed by atoms with van der Waals surface area (Å²) in [5.74, 6) is 1.44. The number of likely N-dealkylation sites (N-methyl/N-ethyl adjacent to an activating group) is 2. The van der Waals surface area contributed by atoms with Crippen molar-refractivity contribution in [3.8, 4) is 0 Å². The molecule has 2 rings (SSSR count). The third-order valence-corrected chi connectivity index (χ3v) is 5.54. The molecule has 0 radical (unpaired) electrons. The molecule has 0 spiro atoms. The Morgan fingerprint density at radius 2 is 1.88 bits per heavy atom. The average molecular weight is 354 g/mol. The first kappa shape index (κ1) is 20.5. The molecule has 0 aromatic rings. The van der Waals surface area contributed by atoms with Crippen LogP contribution in [-0.4, -0.2) is 88.4 Å². The minimum absolute atomic E-state index is 0.180. The predicted octanol–water partition coefficient (Wildman–Crippen LogP) is 1.24. The van der Waals surface area contributed by atoms with E-state index >= 15 is 0 Å². The van der Waals surface area contributed by atoms with Crippen LogP contribution in [0.3, 0.4) is 0 Å². The fourth-order valence-corrected chi connectivity index (χ4v) is 3.99. The molecule has 2 N–H and O–H groups in total. The Labute approximate surface area is 154 Å². The van der Waals surface area contributed by atoms with Gasteiger partial charge in [-0.3, -0.25) is 9.89 Å². The van der Waals surface area contributed by atoms with Crippen LogP contribution in [0, 0.1) is 11.3 Å². The van der Waals surface area contributed by atoms with Gasteiger partial charge >= 0.3 is 0 Å². The highest BCUT2D eigenvalue weighted by molar-refractivity contribution is 5.79. The van der Waals surface area contributed by atoms with Gasteiger partial charge in [0.15, 0.2) is 5.96 Å². The van der Waals surface area contributed by atoms with Crippen molar-refractivity contribution in [3.05, 3.63) is 0 Å². The maximum Gasteiger partial charge on any atom is 0.191 e. The summed E-state index contributed by atoms with van der Waals surface area (Å²) in [4.78, 5) is 9.24. The van der Waals surface area contributed by atoms with E-state index in [-0.39, 0.29) is 5.41 Å². The van der Waals surface area contributed by atoms with Gasteiger partial charge in [0.1, 0.15) is 0 Å². The second-order valence-corrected chi connectivity index (χ2v) is 8.79. The summed E-state index contributed by atoms with van der Waals surface area (Å²) in [5.41, 5.74) is 0.180. The number of rotatable bonds is 4. The van der Waals surface area contributed by atoms with Crippen LogP contribution in [0.5, 0.6) is 0 Å². The summed E-state index contributed by atoms with van der Waals surface area (Å²) >= 11 is 0. The zero-order chi connectivity index (χ0) is 18.4. The molecule has 0 saturated carbocycles. The molecule has 0 amide bonds. The van der Waals surface area contributed by atoms with E-state index in [1.54, 1.807) is 0 Å². The largest absolute Gasteiger partial charge is 0.377 e. The fourth-order valence-electron chi connectivity index (χ4n) is 3.99. The topological polar surface area (TPSA) is 52.1 Å². The van der Waals surface area contributed by atoms with Gasteiger partial charge in [0, 0.05) is 58.3 Å². The summed E-state index contributed by atoms with van der Waals surface area (Å²) in [6.45, 7) is 12.9. The number of nitrogens with zero attached hydrogens (tertiary/aromatic N) is 3. The molecular weight excluding hydrogens is 314 g/mol. The van der Waals surface area contributed by atoms with Gasteiger partial charge in [-0.1, -0.05) is 20.8 Å². The highest BCUT2D eigenvalue weighted by Crippen LogP contribution is 2.33. The van der Waals surface area contributed by atoms with E-state index in [1.807, 2.05) is 7.05 Å². The molecule has 0 aromatic carbocycles.